The molecule has 1 unspecified atom stereocenters. The molecule has 1 atom stereocenters. The van der Waals surface area contributed by atoms with E-state index < -0.39 is 23.7 Å². The molecular formula is C21H16ClF2N5O3. The van der Waals surface area contributed by atoms with Gasteiger partial charge in [0.05, 0.1) is 23.1 Å². The maximum Gasteiger partial charge on any atom is 0.289 e. The first kappa shape index (κ1) is 21.6. The Labute approximate surface area is 186 Å². The van der Waals surface area contributed by atoms with Crippen molar-refractivity contribution in [2.45, 2.75) is 13.0 Å². The van der Waals surface area contributed by atoms with Crippen molar-refractivity contribution >= 4 is 29.2 Å². The Morgan fingerprint density at radius 2 is 2.03 bits per heavy atom. The zero-order valence-electron chi connectivity index (χ0n) is 16.9. The van der Waals surface area contributed by atoms with Crippen LogP contribution in [-0.2, 0) is 4.79 Å². The number of aryl methyl sites for hydroxylation is 1. The normalized spacial score (nSPS) is 15.6. The second-order valence-corrected chi connectivity index (χ2v) is 7.47. The number of nitrogens with zero attached hydrogens (tertiary/aromatic N) is 4. The fourth-order valence-corrected chi connectivity index (χ4v) is 3.35. The van der Waals surface area contributed by atoms with Crippen LogP contribution in [0.5, 0.6) is 5.75 Å². The SMILES string of the molecule is Cc1cc(-c2nc(C(=O)NC3COc4cc(F)cnc4N(C)C3=O)ncc2Cl)ccc1F. The van der Waals surface area contributed by atoms with Gasteiger partial charge in [0.15, 0.2) is 11.6 Å². The number of halogens is 3. The number of fused-ring (bicyclic) bond motifs is 1. The van der Waals surface area contributed by atoms with E-state index >= 15 is 0 Å². The van der Waals surface area contributed by atoms with Gasteiger partial charge >= 0.3 is 0 Å². The molecule has 3 aromatic rings. The van der Waals surface area contributed by atoms with E-state index in [0.717, 1.165) is 12.3 Å². The molecular weight excluding hydrogens is 444 g/mol. The second-order valence-electron chi connectivity index (χ2n) is 7.06. The number of hydrogen-bond donors (Lipinski definition) is 1. The molecule has 0 aliphatic carbocycles. The molecule has 3 heterocycles. The summed E-state index contributed by atoms with van der Waals surface area (Å²) in [4.78, 5) is 38.7. The molecule has 2 aromatic heterocycles. The molecule has 0 radical (unpaired) electrons. The summed E-state index contributed by atoms with van der Waals surface area (Å²) >= 11 is 6.18. The molecule has 0 saturated carbocycles. The van der Waals surface area contributed by atoms with Gasteiger partial charge < -0.3 is 10.1 Å². The Balaban J connectivity index is 1.58. The van der Waals surface area contributed by atoms with Crippen molar-refractivity contribution in [3.8, 4) is 17.0 Å². The van der Waals surface area contributed by atoms with Crippen LogP contribution in [-0.4, -0.2) is 46.5 Å². The van der Waals surface area contributed by atoms with Crippen LogP contribution in [0.1, 0.15) is 16.2 Å². The van der Waals surface area contributed by atoms with Crippen molar-refractivity contribution in [3.63, 3.8) is 0 Å². The third kappa shape index (κ3) is 4.09. The van der Waals surface area contributed by atoms with Gasteiger partial charge in [0.2, 0.25) is 5.82 Å². The van der Waals surface area contributed by atoms with Crippen molar-refractivity contribution in [1.29, 1.82) is 0 Å². The molecule has 0 spiro atoms. The van der Waals surface area contributed by atoms with Gasteiger partial charge in [0, 0.05) is 18.7 Å². The molecule has 8 nitrogen and oxygen atoms in total. The molecule has 164 valence electrons. The molecule has 32 heavy (non-hydrogen) atoms. The predicted octanol–water partition coefficient (Wildman–Crippen LogP) is 2.93. The quantitative estimate of drug-likeness (QED) is 0.647. The van der Waals surface area contributed by atoms with E-state index in [0.29, 0.717) is 11.1 Å². The molecule has 0 saturated heterocycles. The molecule has 1 aromatic carbocycles. The number of carbonyl (C=O) groups is 2. The summed E-state index contributed by atoms with van der Waals surface area (Å²) < 4.78 is 32.6. The monoisotopic (exact) mass is 459 g/mol. The first-order valence-corrected chi connectivity index (χ1v) is 9.78. The summed E-state index contributed by atoms with van der Waals surface area (Å²) in [5, 5.41) is 2.69. The minimum atomic E-state index is -1.10. The molecule has 1 N–H and O–H groups in total. The van der Waals surface area contributed by atoms with Crippen LogP contribution >= 0.6 is 11.6 Å². The van der Waals surface area contributed by atoms with E-state index in [1.165, 1.54) is 30.3 Å². The lowest BCUT2D eigenvalue weighted by molar-refractivity contribution is -0.120. The van der Waals surface area contributed by atoms with Gasteiger partial charge in [-0.15, -0.1) is 0 Å². The topological polar surface area (TPSA) is 97.3 Å². The van der Waals surface area contributed by atoms with Gasteiger partial charge in [-0.2, -0.15) is 0 Å². The highest BCUT2D eigenvalue weighted by Crippen LogP contribution is 2.29. The van der Waals surface area contributed by atoms with Crippen molar-refractivity contribution < 1.29 is 23.1 Å². The summed E-state index contributed by atoms with van der Waals surface area (Å²) in [5.41, 5.74) is 1.13. The van der Waals surface area contributed by atoms with E-state index in [4.69, 9.17) is 16.3 Å². The number of likely N-dealkylation sites (N-methyl/N-ethyl adjacent to an activating group) is 1. The highest BCUT2D eigenvalue weighted by Gasteiger charge is 2.32. The first-order valence-electron chi connectivity index (χ1n) is 9.40. The average molecular weight is 460 g/mol. The highest BCUT2D eigenvalue weighted by atomic mass is 35.5. The van der Waals surface area contributed by atoms with Crippen LogP contribution < -0.4 is 15.0 Å². The summed E-state index contributed by atoms with van der Waals surface area (Å²) in [5.74, 6) is -2.30. The maximum atomic E-state index is 13.6. The number of benzene rings is 1. The third-order valence-corrected chi connectivity index (χ3v) is 5.11. The maximum absolute atomic E-state index is 13.6. The lowest BCUT2D eigenvalue weighted by atomic mass is 10.1. The average Bonchev–Trinajstić information content (AvgIpc) is 2.88. The number of aromatic nitrogens is 3. The van der Waals surface area contributed by atoms with Crippen molar-refractivity contribution in [3.05, 3.63) is 64.7 Å². The zero-order chi connectivity index (χ0) is 23.0. The molecule has 0 fully saturated rings. The van der Waals surface area contributed by atoms with Gasteiger partial charge in [-0.05, 0) is 30.7 Å². The van der Waals surface area contributed by atoms with Crippen LogP contribution in [0, 0.1) is 18.6 Å². The number of anilines is 1. The number of ether oxygens (including phenoxy) is 1. The first-order chi connectivity index (χ1) is 15.2. The van der Waals surface area contributed by atoms with Gasteiger partial charge in [0.1, 0.15) is 24.3 Å². The number of nitrogens with one attached hydrogen (secondary N) is 1. The summed E-state index contributed by atoms with van der Waals surface area (Å²) in [6.45, 7) is 1.35. The lowest BCUT2D eigenvalue weighted by Crippen LogP contribution is -2.49. The second kappa shape index (κ2) is 8.46. The number of pyridine rings is 1. The zero-order valence-corrected chi connectivity index (χ0v) is 17.7. The van der Waals surface area contributed by atoms with Crippen LogP contribution in [0.3, 0.4) is 0 Å². The third-order valence-electron chi connectivity index (χ3n) is 4.84. The molecule has 1 aliphatic heterocycles. The van der Waals surface area contributed by atoms with E-state index in [2.05, 4.69) is 20.3 Å². The molecule has 1 aliphatic rings. The van der Waals surface area contributed by atoms with E-state index in [9.17, 15) is 18.4 Å². The largest absolute Gasteiger partial charge is 0.487 e. The summed E-state index contributed by atoms with van der Waals surface area (Å²) in [6.07, 6.45) is 2.21. The number of amides is 2. The Bertz CT molecular complexity index is 1240. The van der Waals surface area contributed by atoms with Gasteiger partial charge in [-0.1, -0.05) is 11.6 Å². The lowest BCUT2D eigenvalue weighted by Gasteiger charge is -2.19. The Hall–Kier alpha value is -3.66. The van der Waals surface area contributed by atoms with Crippen LogP contribution in [0.25, 0.3) is 11.3 Å². The molecule has 0 bridgehead atoms. The van der Waals surface area contributed by atoms with Crippen molar-refractivity contribution in [2.75, 3.05) is 18.6 Å². The summed E-state index contributed by atoms with van der Waals surface area (Å²) in [7, 11) is 1.44. The van der Waals surface area contributed by atoms with Gasteiger partial charge in [0.25, 0.3) is 11.8 Å². The number of carbonyl (C=O) groups excluding carboxylic acids is 2. The fourth-order valence-electron chi connectivity index (χ4n) is 3.15. The Morgan fingerprint density at radius 1 is 1.25 bits per heavy atom. The van der Waals surface area contributed by atoms with Gasteiger partial charge in [-0.3, -0.25) is 14.5 Å². The van der Waals surface area contributed by atoms with Gasteiger partial charge in [-0.25, -0.2) is 23.7 Å². The summed E-state index contributed by atoms with van der Waals surface area (Å²) in [6, 6.07) is 4.32. The molecule has 2 amide bonds. The number of hydrogen-bond acceptors (Lipinski definition) is 6. The molecule has 4 rings (SSSR count). The van der Waals surface area contributed by atoms with Crippen LogP contribution in [0.4, 0.5) is 14.6 Å². The highest BCUT2D eigenvalue weighted by molar-refractivity contribution is 6.33. The van der Waals surface area contributed by atoms with E-state index in [-0.39, 0.29) is 40.5 Å². The molecule has 11 heteroatoms. The van der Waals surface area contributed by atoms with E-state index in [1.807, 2.05) is 0 Å². The fraction of sp³-hybridized carbons (Fsp3) is 0.190. The Morgan fingerprint density at radius 3 is 2.78 bits per heavy atom. The standard InChI is InChI=1S/C21H16ClF2N5O3/c1-10-5-11(3-4-14(10)24)17-13(22)8-25-18(28-17)20(30)27-15-9-32-16-6-12(23)7-26-19(16)29(2)21(15)31/h3-8,15H,9H2,1-2H3,(H,27,30). The predicted molar refractivity (Wildman–Crippen MR) is 112 cm³/mol. The smallest absolute Gasteiger partial charge is 0.289 e. The van der Waals surface area contributed by atoms with E-state index in [1.54, 1.807) is 13.0 Å². The number of rotatable bonds is 3. The van der Waals surface area contributed by atoms with Crippen molar-refractivity contribution in [1.82, 2.24) is 20.3 Å². The van der Waals surface area contributed by atoms with Crippen LogP contribution in [0.2, 0.25) is 5.02 Å². The van der Waals surface area contributed by atoms with Crippen molar-refractivity contribution in [2.24, 2.45) is 0 Å². The minimum absolute atomic E-state index is 0.0781. The minimum Gasteiger partial charge on any atom is -0.487 e. The van der Waals surface area contributed by atoms with Crippen LogP contribution in [0.15, 0.2) is 36.7 Å². The Kier molecular flexibility index (Phi) is 5.70.